The molecule has 0 fully saturated rings. The van der Waals surface area contributed by atoms with Crippen molar-refractivity contribution >= 4 is 11.7 Å². The van der Waals surface area contributed by atoms with E-state index in [0.29, 0.717) is 34.1 Å². The molecule has 2 aromatic rings. The van der Waals surface area contributed by atoms with Crippen molar-refractivity contribution in [1.29, 1.82) is 0 Å². The molecule has 1 aliphatic rings. The first kappa shape index (κ1) is 16.8. The molecule has 0 unspecified atom stereocenters. The van der Waals surface area contributed by atoms with Crippen molar-refractivity contribution < 1.29 is 28.5 Å². The molecule has 0 saturated heterocycles. The maximum atomic E-state index is 12.3. The number of carbonyl (C=O) groups is 1. The molecule has 7 nitrogen and oxygen atoms in total. The number of fused-ring (bicyclic) bond motifs is 1. The maximum absolute atomic E-state index is 12.3. The Labute approximate surface area is 145 Å². The molecule has 0 spiro atoms. The molecule has 1 N–H and O–H groups in total. The van der Waals surface area contributed by atoms with Crippen molar-refractivity contribution in [3.8, 4) is 23.0 Å². The van der Waals surface area contributed by atoms with Crippen LogP contribution in [0.2, 0.25) is 0 Å². The molecule has 1 aliphatic heterocycles. The Morgan fingerprint density at radius 1 is 0.880 bits per heavy atom. The number of methoxy groups -OCH3 is 4. The normalized spacial score (nSPS) is 15.2. The number of cyclic esters (lactones) is 1. The van der Waals surface area contributed by atoms with Crippen LogP contribution in [0.15, 0.2) is 30.3 Å². The van der Waals surface area contributed by atoms with E-state index in [9.17, 15) is 4.79 Å². The number of nitrogens with one attached hydrogen (secondary N) is 1. The summed E-state index contributed by atoms with van der Waals surface area (Å²) in [7, 11) is 6.13. The first-order chi connectivity index (χ1) is 12.1. The Bertz CT molecular complexity index is 804. The first-order valence-corrected chi connectivity index (χ1v) is 7.57. The largest absolute Gasteiger partial charge is 0.493 e. The zero-order valence-electron chi connectivity index (χ0n) is 14.4. The van der Waals surface area contributed by atoms with Gasteiger partial charge in [-0.2, -0.15) is 0 Å². The Balaban J connectivity index is 1.94. The summed E-state index contributed by atoms with van der Waals surface area (Å²) < 4.78 is 26.5. The van der Waals surface area contributed by atoms with E-state index in [0.717, 1.165) is 5.69 Å². The van der Waals surface area contributed by atoms with E-state index in [1.54, 1.807) is 38.5 Å². The van der Waals surface area contributed by atoms with Crippen LogP contribution >= 0.6 is 0 Å². The summed E-state index contributed by atoms with van der Waals surface area (Å²) in [4.78, 5) is 12.3. The number of benzene rings is 2. The molecule has 0 aromatic heterocycles. The summed E-state index contributed by atoms with van der Waals surface area (Å²) in [5, 5.41) is 3.17. The standard InChI is InChI=1S/C18H19NO6/c1-21-12-7-5-10(9-14(12)23-3)19-17-11-6-8-13(22-2)16(24-4)15(11)18(20)25-17/h5-9,17,19H,1-4H3/t17-/m1/s1. The minimum absolute atomic E-state index is 0.361. The number of carbonyl (C=O) groups excluding carboxylic acids is 1. The number of esters is 1. The second-order valence-electron chi connectivity index (χ2n) is 5.26. The number of hydrogen-bond acceptors (Lipinski definition) is 7. The smallest absolute Gasteiger partial charge is 0.344 e. The van der Waals surface area contributed by atoms with Gasteiger partial charge in [-0.25, -0.2) is 4.79 Å². The lowest BCUT2D eigenvalue weighted by molar-refractivity contribution is 0.0435. The van der Waals surface area contributed by atoms with Crippen LogP contribution in [0.3, 0.4) is 0 Å². The lowest BCUT2D eigenvalue weighted by Gasteiger charge is -2.16. The Kier molecular flexibility index (Phi) is 4.56. The van der Waals surface area contributed by atoms with E-state index in [1.807, 2.05) is 6.07 Å². The van der Waals surface area contributed by atoms with Gasteiger partial charge in [0, 0.05) is 17.3 Å². The van der Waals surface area contributed by atoms with E-state index in [-0.39, 0.29) is 0 Å². The highest BCUT2D eigenvalue weighted by molar-refractivity contribution is 5.98. The third kappa shape index (κ3) is 2.88. The molecular formula is C18H19NO6. The molecule has 0 saturated carbocycles. The molecule has 7 heteroatoms. The Morgan fingerprint density at radius 2 is 1.56 bits per heavy atom. The average Bonchev–Trinajstić information content (AvgIpc) is 2.96. The van der Waals surface area contributed by atoms with Gasteiger partial charge in [-0.15, -0.1) is 0 Å². The number of hydrogen-bond donors (Lipinski definition) is 1. The van der Waals surface area contributed by atoms with Gasteiger partial charge < -0.3 is 29.0 Å². The van der Waals surface area contributed by atoms with E-state index < -0.39 is 12.2 Å². The minimum Gasteiger partial charge on any atom is -0.493 e. The summed E-state index contributed by atoms with van der Waals surface area (Å²) in [6.07, 6.45) is -0.639. The van der Waals surface area contributed by atoms with Gasteiger partial charge >= 0.3 is 5.97 Å². The Hall–Kier alpha value is -3.09. The van der Waals surface area contributed by atoms with Gasteiger partial charge in [0.15, 0.2) is 23.0 Å². The molecular weight excluding hydrogens is 326 g/mol. The highest BCUT2D eigenvalue weighted by Gasteiger charge is 2.36. The zero-order chi connectivity index (χ0) is 18.0. The molecule has 0 radical (unpaired) electrons. The predicted molar refractivity (Wildman–Crippen MR) is 90.9 cm³/mol. The fraction of sp³-hybridized carbons (Fsp3) is 0.278. The van der Waals surface area contributed by atoms with Crippen LogP contribution in [0.1, 0.15) is 22.1 Å². The Morgan fingerprint density at radius 3 is 2.20 bits per heavy atom. The van der Waals surface area contributed by atoms with Gasteiger partial charge in [0.05, 0.1) is 28.4 Å². The van der Waals surface area contributed by atoms with Crippen LogP contribution in [0, 0.1) is 0 Å². The van der Waals surface area contributed by atoms with Gasteiger partial charge in [0.25, 0.3) is 0 Å². The molecule has 0 bridgehead atoms. The van der Waals surface area contributed by atoms with Gasteiger partial charge in [-0.05, 0) is 24.3 Å². The first-order valence-electron chi connectivity index (χ1n) is 7.57. The minimum atomic E-state index is -0.639. The second kappa shape index (κ2) is 6.80. The average molecular weight is 345 g/mol. The SMILES string of the molecule is COc1ccc(N[C@@H]2OC(=O)c3c2ccc(OC)c3OC)cc1OC. The van der Waals surface area contributed by atoms with Crippen LogP contribution in [-0.4, -0.2) is 34.4 Å². The highest BCUT2D eigenvalue weighted by Crippen LogP contribution is 2.42. The lowest BCUT2D eigenvalue weighted by atomic mass is 10.1. The van der Waals surface area contributed by atoms with E-state index in [2.05, 4.69) is 5.32 Å². The summed E-state index contributed by atoms with van der Waals surface area (Å²) >= 11 is 0. The summed E-state index contributed by atoms with van der Waals surface area (Å²) in [5.41, 5.74) is 1.76. The topological polar surface area (TPSA) is 75.3 Å². The maximum Gasteiger partial charge on any atom is 0.344 e. The second-order valence-corrected chi connectivity index (χ2v) is 5.26. The van der Waals surface area contributed by atoms with E-state index in [4.69, 9.17) is 23.7 Å². The number of anilines is 1. The van der Waals surface area contributed by atoms with E-state index >= 15 is 0 Å². The van der Waals surface area contributed by atoms with Crippen molar-refractivity contribution in [3.05, 3.63) is 41.5 Å². The third-order valence-electron chi connectivity index (χ3n) is 3.97. The lowest BCUT2D eigenvalue weighted by Crippen LogP contribution is -2.10. The van der Waals surface area contributed by atoms with Gasteiger partial charge in [-0.1, -0.05) is 0 Å². The quantitative estimate of drug-likeness (QED) is 0.807. The van der Waals surface area contributed by atoms with Crippen LogP contribution < -0.4 is 24.3 Å². The number of rotatable bonds is 6. The number of ether oxygens (including phenoxy) is 5. The summed E-state index contributed by atoms with van der Waals surface area (Å²) in [6, 6.07) is 8.87. The fourth-order valence-electron chi connectivity index (χ4n) is 2.79. The predicted octanol–water partition coefficient (Wildman–Crippen LogP) is 3.00. The van der Waals surface area contributed by atoms with Gasteiger partial charge in [0.2, 0.25) is 6.23 Å². The van der Waals surface area contributed by atoms with Crippen LogP contribution in [0.5, 0.6) is 23.0 Å². The molecule has 1 atom stereocenters. The molecule has 0 amide bonds. The molecule has 25 heavy (non-hydrogen) atoms. The van der Waals surface area contributed by atoms with Crippen molar-refractivity contribution in [3.63, 3.8) is 0 Å². The zero-order valence-corrected chi connectivity index (χ0v) is 14.4. The van der Waals surface area contributed by atoms with Gasteiger partial charge in [0.1, 0.15) is 5.56 Å². The summed E-state index contributed by atoms with van der Waals surface area (Å²) in [6.45, 7) is 0. The summed E-state index contributed by atoms with van der Waals surface area (Å²) in [5.74, 6) is 1.56. The van der Waals surface area contributed by atoms with E-state index in [1.165, 1.54) is 14.2 Å². The third-order valence-corrected chi connectivity index (χ3v) is 3.97. The molecule has 1 heterocycles. The van der Waals surface area contributed by atoms with Crippen LogP contribution in [-0.2, 0) is 4.74 Å². The fourth-order valence-corrected chi connectivity index (χ4v) is 2.79. The highest BCUT2D eigenvalue weighted by atomic mass is 16.6. The molecule has 2 aromatic carbocycles. The van der Waals surface area contributed by atoms with Crippen molar-refractivity contribution in [2.24, 2.45) is 0 Å². The van der Waals surface area contributed by atoms with Crippen molar-refractivity contribution in [2.75, 3.05) is 33.8 Å². The van der Waals surface area contributed by atoms with Crippen LogP contribution in [0.25, 0.3) is 0 Å². The van der Waals surface area contributed by atoms with Crippen molar-refractivity contribution in [1.82, 2.24) is 0 Å². The molecule has 3 rings (SSSR count). The van der Waals surface area contributed by atoms with Crippen molar-refractivity contribution in [2.45, 2.75) is 6.23 Å². The van der Waals surface area contributed by atoms with Crippen LogP contribution in [0.4, 0.5) is 5.69 Å². The van der Waals surface area contributed by atoms with Gasteiger partial charge in [-0.3, -0.25) is 0 Å². The molecule has 0 aliphatic carbocycles. The molecule has 132 valence electrons. The monoisotopic (exact) mass is 345 g/mol.